The minimum atomic E-state index is -1.20. The normalized spacial score (nSPS) is 11.5. The average Bonchev–Trinajstić information content (AvgIpc) is 3.33. The summed E-state index contributed by atoms with van der Waals surface area (Å²) in [4.78, 5) is 51.2. The van der Waals surface area contributed by atoms with E-state index in [1.807, 2.05) is 185 Å². The molecule has 0 saturated heterocycles. The van der Waals surface area contributed by atoms with Crippen LogP contribution in [0.5, 0.6) is 0 Å². The van der Waals surface area contributed by atoms with Gasteiger partial charge in [-0.25, -0.2) is 9.37 Å². The second-order valence-electron chi connectivity index (χ2n) is 17.0. The minimum absolute atomic E-state index is 0.0558. The molecule has 1 aliphatic carbocycles. The summed E-state index contributed by atoms with van der Waals surface area (Å²) in [6.45, 7) is 5.96. The average molecular weight is 901 g/mol. The summed E-state index contributed by atoms with van der Waals surface area (Å²) >= 11 is 0. The molecule has 2 N–H and O–H groups in total. The number of hydrogen-bond acceptors (Lipinski definition) is 8. The third-order valence-electron chi connectivity index (χ3n) is 11.7. The van der Waals surface area contributed by atoms with Gasteiger partial charge in [0, 0.05) is 90.6 Å². The van der Waals surface area contributed by atoms with Crippen molar-refractivity contribution in [2.75, 3.05) is 39.6 Å². The number of esters is 1. The fourth-order valence-corrected chi connectivity index (χ4v) is 8.07. The molecule has 1 heterocycles. The number of aryl methyl sites for hydroxylation is 1. The first-order valence-corrected chi connectivity index (χ1v) is 22.7. The molecule has 11 heteroatoms. The number of carbonyl (C=O) groups excluding carboxylic acids is 4. The fourth-order valence-electron chi connectivity index (χ4n) is 8.07. The molecule has 0 bridgehead atoms. The van der Waals surface area contributed by atoms with Crippen molar-refractivity contribution < 1.29 is 33.4 Å². The zero-order valence-corrected chi connectivity index (χ0v) is 39.4. The molecule has 0 saturated carbocycles. The van der Waals surface area contributed by atoms with E-state index in [-0.39, 0.29) is 17.4 Å². The van der Waals surface area contributed by atoms with E-state index >= 15 is 0 Å². The van der Waals surface area contributed by atoms with Gasteiger partial charge in [-0.2, -0.15) is 0 Å². The van der Waals surface area contributed by atoms with Crippen molar-refractivity contribution in [3.8, 4) is 22.5 Å². The van der Waals surface area contributed by atoms with Gasteiger partial charge < -0.3 is 34.6 Å². The quantitative estimate of drug-likeness (QED) is 0.0326. The molecule has 1 aliphatic heterocycles. The van der Waals surface area contributed by atoms with Crippen LogP contribution in [-0.4, -0.2) is 64.5 Å². The molecule has 7 rings (SSSR count). The maximum Gasteiger partial charge on any atom is 0.330 e. The van der Waals surface area contributed by atoms with E-state index in [4.69, 9.17) is 9.15 Å². The summed E-state index contributed by atoms with van der Waals surface area (Å²) in [6, 6.07) is 45.5. The van der Waals surface area contributed by atoms with Gasteiger partial charge in [0.15, 0.2) is 5.60 Å². The van der Waals surface area contributed by atoms with Gasteiger partial charge in [0.25, 0.3) is 0 Å². The van der Waals surface area contributed by atoms with E-state index in [1.54, 1.807) is 12.1 Å². The largest absolute Gasteiger partial charge is 0.545 e. The standard InChI is InChI=1S/C32H38N2O4.C24H22N2O3/c1-4-29(34-30(36)18-12-7-13-23-33-25(3)35)31(37)38-32(26-14-8-5-9-15-26,27-16-10-6-11-17-27)28-21-19-24(2)20-22-28;1-25(2)15-9-11-19-21(13-15)29-22-14-16(26(3)4)10-12-20(22)23(19)17-7-5-6-8-18(17)24(27)28/h5-6,8-11,14-17,19-22,29H,4,7,12-13,18,23H2,1-3H3,(H,33,35)(H,34,36);5-14H,1-4H3. The van der Waals surface area contributed by atoms with Crippen molar-refractivity contribution in [3.05, 3.63) is 179 Å². The lowest BCUT2D eigenvalue weighted by Gasteiger charge is -2.36. The molecule has 2 amide bonds. The lowest BCUT2D eigenvalue weighted by atomic mass is 9.79. The van der Waals surface area contributed by atoms with Crippen LogP contribution in [0, 0.1) is 6.92 Å². The van der Waals surface area contributed by atoms with Gasteiger partial charge in [-0.05, 0) is 49.9 Å². The number of aromatic carboxylic acids is 1. The molecular formula is C56H60N4O7. The van der Waals surface area contributed by atoms with Gasteiger partial charge in [-0.15, -0.1) is 0 Å². The Bertz CT molecular complexity index is 2810. The summed E-state index contributed by atoms with van der Waals surface area (Å²) in [5, 5.41) is 19.3. The molecule has 346 valence electrons. The van der Waals surface area contributed by atoms with Crippen LogP contribution in [0.25, 0.3) is 33.4 Å². The Morgan fingerprint density at radius 3 is 1.97 bits per heavy atom. The van der Waals surface area contributed by atoms with Crippen molar-refractivity contribution in [1.29, 1.82) is 0 Å². The molecule has 1 atom stereocenters. The Balaban J connectivity index is 0.000000228. The van der Waals surface area contributed by atoms with Crippen LogP contribution in [0.2, 0.25) is 0 Å². The number of nitrogens with zero attached hydrogens (tertiary/aromatic N) is 2. The number of unbranched alkanes of at least 4 members (excludes halogenated alkanes) is 2. The minimum Gasteiger partial charge on any atom is -0.545 e. The summed E-state index contributed by atoms with van der Waals surface area (Å²) in [5.41, 5.74) is 6.56. The molecule has 11 nitrogen and oxygen atoms in total. The monoisotopic (exact) mass is 900 g/mol. The first-order valence-electron chi connectivity index (χ1n) is 22.7. The molecule has 1 unspecified atom stereocenters. The first-order chi connectivity index (χ1) is 32.2. The van der Waals surface area contributed by atoms with E-state index in [0.717, 1.165) is 62.7 Å². The van der Waals surface area contributed by atoms with Crippen molar-refractivity contribution in [2.45, 2.75) is 64.5 Å². The van der Waals surface area contributed by atoms with E-state index in [1.165, 1.54) is 6.92 Å². The number of rotatable bonds is 16. The van der Waals surface area contributed by atoms with Gasteiger partial charge in [0.1, 0.15) is 31.5 Å². The number of carboxylic acids is 1. The maximum atomic E-state index is 13.7. The Hall–Kier alpha value is -7.53. The molecule has 0 radical (unpaired) electrons. The van der Waals surface area contributed by atoms with Crippen LogP contribution in [-0.2, 0) is 24.7 Å². The molecule has 0 spiro atoms. The fraction of sp³-hybridized carbons (Fsp3) is 0.268. The predicted octanol–water partition coefficient (Wildman–Crippen LogP) is 8.09. The van der Waals surface area contributed by atoms with Crippen molar-refractivity contribution >= 4 is 40.4 Å². The first kappa shape index (κ1) is 48.9. The summed E-state index contributed by atoms with van der Waals surface area (Å²) in [5.74, 6) is -1.23. The smallest absolute Gasteiger partial charge is 0.330 e. The van der Waals surface area contributed by atoms with Crippen molar-refractivity contribution in [1.82, 2.24) is 15.2 Å². The molecule has 5 aromatic rings. The van der Waals surface area contributed by atoms with Crippen LogP contribution >= 0.6 is 0 Å². The SMILES string of the molecule is CCC(NC(=O)CCCCCNC(C)=O)C(=O)OC(c1ccccc1)(c1ccccc1)c1ccc(C)cc1.CN(C)c1ccc2c(-c3ccccc3C(=O)[O-])c3ccc(=[N+](C)C)cc-3oc2c1. The zero-order valence-electron chi connectivity index (χ0n) is 39.4. The topological polar surface area (TPSA) is 144 Å². The van der Waals surface area contributed by atoms with Crippen LogP contribution < -0.4 is 30.6 Å². The molecule has 5 aromatic carbocycles. The Morgan fingerprint density at radius 1 is 0.746 bits per heavy atom. The summed E-state index contributed by atoms with van der Waals surface area (Å²) in [7, 11) is 7.88. The number of carbonyl (C=O) groups is 4. The molecule has 0 fully saturated rings. The van der Waals surface area contributed by atoms with Gasteiger partial charge in [-0.3, -0.25) is 9.59 Å². The predicted molar refractivity (Wildman–Crippen MR) is 263 cm³/mol. The van der Waals surface area contributed by atoms with E-state index in [9.17, 15) is 24.3 Å². The van der Waals surface area contributed by atoms with Crippen LogP contribution in [0.3, 0.4) is 0 Å². The number of benzene rings is 6. The third kappa shape index (κ3) is 11.8. The van der Waals surface area contributed by atoms with E-state index in [0.29, 0.717) is 42.7 Å². The van der Waals surface area contributed by atoms with Gasteiger partial charge in [0.2, 0.25) is 17.2 Å². The van der Waals surface area contributed by atoms with Gasteiger partial charge in [-0.1, -0.05) is 128 Å². The highest BCUT2D eigenvalue weighted by molar-refractivity contribution is 6.07. The second-order valence-corrected chi connectivity index (χ2v) is 17.0. The Morgan fingerprint density at radius 2 is 1.37 bits per heavy atom. The maximum absolute atomic E-state index is 13.7. The van der Waals surface area contributed by atoms with Crippen LogP contribution in [0.1, 0.15) is 78.6 Å². The van der Waals surface area contributed by atoms with Crippen molar-refractivity contribution in [2.24, 2.45) is 0 Å². The second kappa shape index (κ2) is 22.6. The highest BCUT2D eigenvalue weighted by atomic mass is 16.6. The lowest BCUT2D eigenvalue weighted by Crippen LogP contribution is -2.45. The molecule has 2 aliphatic rings. The zero-order chi connectivity index (χ0) is 48.1. The van der Waals surface area contributed by atoms with Crippen LogP contribution in [0.15, 0.2) is 150 Å². The number of hydrogen-bond donors (Lipinski definition) is 2. The number of anilines is 1. The number of amides is 2. The van der Waals surface area contributed by atoms with Gasteiger partial charge >= 0.3 is 5.97 Å². The Kier molecular flexibility index (Phi) is 16.5. The van der Waals surface area contributed by atoms with E-state index < -0.39 is 23.6 Å². The van der Waals surface area contributed by atoms with Gasteiger partial charge in [0.05, 0.1) is 12.0 Å². The lowest BCUT2D eigenvalue weighted by molar-refractivity contribution is -0.255. The summed E-state index contributed by atoms with van der Waals surface area (Å²) < 4.78 is 14.8. The number of ether oxygens (including phenoxy) is 1. The highest BCUT2D eigenvalue weighted by Gasteiger charge is 2.42. The van der Waals surface area contributed by atoms with E-state index in [2.05, 4.69) is 10.6 Å². The molecule has 67 heavy (non-hydrogen) atoms. The number of nitrogens with one attached hydrogen (secondary N) is 2. The molecular weight excluding hydrogens is 841 g/mol. The van der Waals surface area contributed by atoms with Crippen LogP contribution in [0.4, 0.5) is 5.69 Å². The number of carboxylic acid groups (broad SMARTS) is 1. The highest BCUT2D eigenvalue weighted by Crippen LogP contribution is 2.43. The van der Waals surface area contributed by atoms with Crippen molar-refractivity contribution in [3.63, 3.8) is 0 Å². The third-order valence-corrected chi connectivity index (χ3v) is 11.7. The summed E-state index contributed by atoms with van der Waals surface area (Å²) in [6.07, 6.45) is 3.01. The number of fused-ring (bicyclic) bond motifs is 2. The Labute approximate surface area is 393 Å². The molecule has 0 aromatic heterocycles.